The van der Waals surface area contributed by atoms with Gasteiger partial charge in [-0.2, -0.15) is 0 Å². The number of hydrogen-bond acceptors (Lipinski definition) is 3. The van der Waals surface area contributed by atoms with E-state index in [1.807, 2.05) is 6.07 Å². The summed E-state index contributed by atoms with van der Waals surface area (Å²) in [6, 6.07) is 10.2. The first kappa shape index (κ1) is 12.3. The zero-order valence-electron chi connectivity index (χ0n) is 10.1. The van der Waals surface area contributed by atoms with Gasteiger partial charge in [0.15, 0.2) is 0 Å². The van der Waals surface area contributed by atoms with Crippen LogP contribution in [0.4, 0.5) is 0 Å². The number of rotatable bonds is 4. The van der Waals surface area contributed by atoms with Crippen molar-refractivity contribution >= 4 is 6.29 Å². The summed E-state index contributed by atoms with van der Waals surface area (Å²) >= 11 is 0. The molecule has 1 aromatic rings. The molecule has 1 heterocycles. The Morgan fingerprint density at radius 1 is 1.29 bits per heavy atom. The van der Waals surface area contributed by atoms with Crippen LogP contribution in [0.25, 0.3) is 0 Å². The molecule has 0 saturated carbocycles. The van der Waals surface area contributed by atoms with E-state index in [2.05, 4.69) is 29.2 Å². The lowest BCUT2D eigenvalue weighted by Crippen LogP contribution is -2.41. The van der Waals surface area contributed by atoms with E-state index in [1.165, 1.54) is 5.56 Å². The van der Waals surface area contributed by atoms with Crippen LogP contribution in [0.1, 0.15) is 18.4 Å². The van der Waals surface area contributed by atoms with Crippen molar-refractivity contribution in [3.05, 3.63) is 35.9 Å². The number of carbonyl (C=O) groups excluding carboxylic acids is 1. The van der Waals surface area contributed by atoms with Gasteiger partial charge in [0.1, 0.15) is 6.29 Å². The van der Waals surface area contributed by atoms with Crippen LogP contribution in [0, 0.1) is 5.92 Å². The van der Waals surface area contributed by atoms with Crippen LogP contribution >= 0.6 is 0 Å². The Kier molecular flexibility index (Phi) is 4.29. The van der Waals surface area contributed by atoms with E-state index in [-0.39, 0.29) is 6.04 Å². The minimum atomic E-state index is -0.270. The number of hydrogen-bond donors (Lipinski definition) is 1. The third kappa shape index (κ3) is 3.38. The fourth-order valence-electron chi connectivity index (χ4n) is 2.45. The minimum absolute atomic E-state index is 0.270. The van der Waals surface area contributed by atoms with Crippen molar-refractivity contribution in [3.63, 3.8) is 0 Å². The van der Waals surface area contributed by atoms with Crippen LogP contribution in [0.2, 0.25) is 0 Å². The van der Waals surface area contributed by atoms with Crippen molar-refractivity contribution in [2.24, 2.45) is 11.7 Å². The second kappa shape index (κ2) is 5.94. The fraction of sp³-hybridized carbons (Fsp3) is 0.500. The quantitative estimate of drug-likeness (QED) is 0.799. The lowest BCUT2D eigenvalue weighted by molar-refractivity contribution is -0.110. The van der Waals surface area contributed by atoms with Gasteiger partial charge in [-0.3, -0.25) is 4.90 Å². The smallest absolute Gasteiger partial charge is 0.136 e. The lowest BCUT2D eigenvalue weighted by atomic mass is 9.90. The highest BCUT2D eigenvalue weighted by molar-refractivity contribution is 5.57. The first-order valence-corrected chi connectivity index (χ1v) is 6.27. The molecule has 1 saturated heterocycles. The van der Waals surface area contributed by atoms with Gasteiger partial charge in [-0.15, -0.1) is 0 Å². The molecule has 1 unspecified atom stereocenters. The van der Waals surface area contributed by atoms with Gasteiger partial charge in [-0.05, 0) is 37.4 Å². The molecule has 2 rings (SSSR count). The Morgan fingerprint density at radius 3 is 2.53 bits per heavy atom. The van der Waals surface area contributed by atoms with Gasteiger partial charge in [0, 0.05) is 6.54 Å². The standard InChI is InChI=1S/C14H20N2O/c15-14(11-17)13-6-8-16(9-7-13)10-12-4-2-1-3-5-12/h1-5,11,13-14H,6-10,15H2. The predicted octanol–water partition coefficient (Wildman–Crippen LogP) is 1.42. The van der Waals surface area contributed by atoms with Crippen LogP contribution < -0.4 is 5.73 Å². The summed E-state index contributed by atoms with van der Waals surface area (Å²) in [6.45, 7) is 3.09. The summed E-state index contributed by atoms with van der Waals surface area (Å²) in [5, 5.41) is 0. The number of likely N-dealkylation sites (tertiary alicyclic amines) is 1. The zero-order valence-corrected chi connectivity index (χ0v) is 10.1. The van der Waals surface area contributed by atoms with Gasteiger partial charge in [0.2, 0.25) is 0 Å². The number of carbonyl (C=O) groups is 1. The Labute approximate surface area is 103 Å². The molecule has 0 spiro atoms. The lowest BCUT2D eigenvalue weighted by Gasteiger charge is -2.33. The van der Waals surface area contributed by atoms with Crippen molar-refractivity contribution in [1.82, 2.24) is 4.90 Å². The number of nitrogens with zero attached hydrogens (tertiary/aromatic N) is 1. The average Bonchev–Trinajstić information content (AvgIpc) is 2.40. The van der Waals surface area contributed by atoms with Crippen LogP contribution in [-0.4, -0.2) is 30.3 Å². The molecule has 0 aliphatic carbocycles. The third-order valence-corrected chi connectivity index (χ3v) is 3.58. The molecule has 92 valence electrons. The molecule has 1 atom stereocenters. The number of nitrogens with two attached hydrogens (primary N) is 1. The van der Waals surface area contributed by atoms with Crippen LogP contribution in [0.15, 0.2) is 30.3 Å². The van der Waals surface area contributed by atoms with E-state index >= 15 is 0 Å². The van der Waals surface area contributed by atoms with Crippen molar-refractivity contribution < 1.29 is 4.79 Å². The summed E-state index contributed by atoms with van der Waals surface area (Å²) in [5.41, 5.74) is 7.11. The van der Waals surface area contributed by atoms with Crippen molar-refractivity contribution in [3.8, 4) is 0 Å². The molecule has 3 nitrogen and oxygen atoms in total. The molecule has 0 aromatic heterocycles. The van der Waals surface area contributed by atoms with Crippen molar-refractivity contribution in [2.45, 2.75) is 25.4 Å². The molecule has 3 heteroatoms. The molecule has 2 N–H and O–H groups in total. The summed E-state index contributed by atoms with van der Waals surface area (Å²) in [5.74, 6) is 0.375. The molecule has 1 aliphatic rings. The van der Waals surface area contributed by atoms with E-state index in [4.69, 9.17) is 5.73 Å². The number of benzene rings is 1. The minimum Gasteiger partial charge on any atom is -0.322 e. The summed E-state index contributed by atoms with van der Waals surface area (Å²) < 4.78 is 0. The van der Waals surface area contributed by atoms with Crippen LogP contribution in [-0.2, 0) is 11.3 Å². The van der Waals surface area contributed by atoms with Crippen molar-refractivity contribution in [1.29, 1.82) is 0 Å². The van der Waals surface area contributed by atoms with Crippen molar-refractivity contribution in [2.75, 3.05) is 13.1 Å². The Hall–Kier alpha value is -1.19. The van der Waals surface area contributed by atoms with E-state index in [0.29, 0.717) is 5.92 Å². The molecule has 0 radical (unpaired) electrons. The normalized spacial score (nSPS) is 20.1. The summed E-state index contributed by atoms with van der Waals surface area (Å²) in [7, 11) is 0. The molecule has 1 aromatic carbocycles. The van der Waals surface area contributed by atoms with Gasteiger partial charge >= 0.3 is 0 Å². The van der Waals surface area contributed by atoms with E-state index in [1.54, 1.807) is 0 Å². The van der Waals surface area contributed by atoms with Crippen LogP contribution in [0.5, 0.6) is 0 Å². The second-order valence-electron chi connectivity index (χ2n) is 4.81. The highest BCUT2D eigenvalue weighted by Crippen LogP contribution is 2.20. The van der Waals surface area contributed by atoms with Gasteiger partial charge in [-0.1, -0.05) is 30.3 Å². The monoisotopic (exact) mass is 232 g/mol. The topological polar surface area (TPSA) is 46.3 Å². The predicted molar refractivity (Wildman–Crippen MR) is 68.5 cm³/mol. The second-order valence-corrected chi connectivity index (χ2v) is 4.81. The van der Waals surface area contributed by atoms with E-state index < -0.39 is 0 Å². The Morgan fingerprint density at radius 2 is 1.94 bits per heavy atom. The molecule has 1 fully saturated rings. The van der Waals surface area contributed by atoms with Gasteiger partial charge in [0.25, 0.3) is 0 Å². The molecule has 0 amide bonds. The molecule has 0 bridgehead atoms. The Bertz CT molecular complexity index is 344. The largest absolute Gasteiger partial charge is 0.322 e. The van der Waals surface area contributed by atoms with E-state index in [9.17, 15) is 4.79 Å². The third-order valence-electron chi connectivity index (χ3n) is 3.58. The summed E-state index contributed by atoms with van der Waals surface area (Å²) in [6.07, 6.45) is 2.96. The summed E-state index contributed by atoms with van der Waals surface area (Å²) in [4.78, 5) is 13.1. The number of piperidine rings is 1. The average molecular weight is 232 g/mol. The Balaban J connectivity index is 1.81. The molecular formula is C14H20N2O. The van der Waals surface area contributed by atoms with Crippen LogP contribution in [0.3, 0.4) is 0 Å². The highest BCUT2D eigenvalue weighted by atomic mass is 16.1. The first-order chi connectivity index (χ1) is 8.29. The van der Waals surface area contributed by atoms with E-state index in [0.717, 1.165) is 38.8 Å². The maximum absolute atomic E-state index is 10.6. The highest BCUT2D eigenvalue weighted by Gasteiger charge is 2.23. The zero-order chi connectivity index (χ0) is 12.1. The SMILES string of the molecule is NC(C=O)C1CCN(Cc2ccccc2)CC1. The molecule has 17 heavy (non-hydrogen) atoms. The van der Waals surface area contributed by atoms with Gasteiger partial charge in [-0.25, -0.2) is 0 Å². The maximum Gasteiger partial charge on any atom is 0.136 e. The molecular weight excluding hydrogens is 212 g/mol. The first-order valence-electron chi connectivity index (χ1n) is 6.27. The maximum atomic E-state index is 10.6. The fourth-order valence-corrected chi connectivity index (χ4v) is 2.45. The molecule has 1 aliphatic heterocycles. The van der Waals surface area contributed by atoms with Gasteiger partial charge < -0.3 is 10.5 Å². The van der Waals surface area contributed by atoms with Gasteiger partial charge in [0.05, 0.1) is 6.04 Å². The number of aldehydes is 1.